The summed E-state index contributed by atoms with van der Waals surface area (Å²) in [6.45, 7) is 3.22. The third-order valence-corrected chi connectivity index (χ3v) is 4.55. The number of nitrogens with one attached hydrogen (secondary N) is 2. The molecular weight excluding hydrogens is 306 g/mol. The minimum atomic E-state index is 0.0162. The summed E-state index contributed by atoms with van der Waals surface area (Å²) >= 11 is 0. The summed E-state index contributed by atoms with van der Waals surface area (Å²) in [5.41, 5.74) is 1.27. The Morgan fingerprint density at radius 1 is 1.33 bits per heavy atom. The Morgan fingerprint density at radius 3 is 2.71 bits per heavy atom. The molecule has 0 saturated carbocycles. The summed E-state index contributed by atoms with van der Waals surface area (Å²) in [7, 11) is 3.44. The molecule has 0 bridgehead atoms. The monoisotopic (exact) mass is 335 g/mol. The number of aliphatic imine (C=N–C) groups is 1. The molecule has 0 radical (unpaired) electrons. The van der Waals surface area contributed by atoms with Crippen LogP contribution in [0.15, 0.2) is 29.3 Å². The van der Waals surface area contributed by atoms with Crippen LogP contribution < -0.4 is 15.4 Å². The van der Waals surface area contributed by atoms with E-state index in [1.54, 1.807) is 14.2 Å². The average molecular weight is 335 g/mol. The first-order valence-electron chi connectivity index (χ1n) is 8.47. The molecule has 1 aliphatic heterocycles. The molecule has 1 aromatic carbocycles. The number of aliphatic hydroxyl groups excluding tert-OH is 1. The molecule has 1 atom stereocenters. The lowest BCUT2D eigenvalue weighted by Gasteiger charge is -2.27. The number of hydrogen-bond donors (Lipinski definition) is 3. The summed E-state index contributed by atoms with van der Waals surface area (Å²) in [5.74, 6) is 1.66. The first-order valence-corrected chi connectivity index (χ1v) is 8.47. The van der Waals surface area contributed by atoms with Crippen molar-refractivity contribution in [1.29, 1.82) is 0 Å². The van der Waals surface area contributed by atoms with Crippen LogP contribution in [-0.4, -0.2) is 58.1 Å². The van der Waals surface area contributed by atoms with Crippen molar-refractivity contribution in [3.05, 3.63) is 29.8 Å². The molecule has 1 heterocycles. The van der Waals surface area contributed by atoms with Gasteiger partial charge in [0.2, 0.25) is 0 Å². The molecule has 1 saturated heterocycles. The van der Waals surface area contributed by atoms with E-state index in [0.717, 1.165) is 50.7 Å². The minimum Gasteiger partial charge on any atom is -0.497 e. The molecular formula is C18H29N3O3. The lowest BCUT2D eigenvalue weighted by atomic mass is 9.84. The molecule has 6 heteroatoms. The highest BCUT2D eigenvalue weighted by molar-refractivity contribution is 5.79. The number of aliphatic hydroxyl groups is 1. The van der Waals surface area contributed by atoms with Gasteiger partial charge in [-0.25, -0.2) is 0 Å². The molecule has 0 amide bonds. The molecule has 2 rings (SSSR count). The summed E-state index contributed by atoms with van der Waals surface area (Å²) in [5, 5.41) is 16.0. The smallest absolute Gasteiger partial charge is 0.191 e. The minimum absolute atomic E-state index is 0.0162. The van der Waals surface area contributed by atoms with Gasteiger partial charge in [-0.05, 0) is 37.0 Å². The van der Waals surface area contributed by atoms with E-state index in [1.165, 1.54) is 5.56 Å². The van der Waals surface area contributed by atoms with Crippen LogP contribution in [0.1, 0.15) is 18.4 Å². The Labute approximate surface area is 144 Å². The van der Waals surface area contributed by atoms with Gasteiger partial charge in [-0.1, -0.05) is 12.1 Å². The van der Waals surface area contributed by atoms with E-state index in [1.807, 2.05) is 12.1 Å². The average Bonchev–Trinajstić information content (AvgIpc) is 3.07. The van der Waals surface area contributed by atoms with Crippen molar-refractivity contribution in [3.63, 3.8) is 0 Å². The highest BCUT2D eigenvalue weighted by Crippen LogP contribution is 2.31. The lowest BCUT2D eigenvalue weighted by molar-refractivity contribution is 0.127. The molecule has 3 N–H and O–H groups in total. The standard InChI is InChI=1S/C18H29N3O3/c1-19-17(21-13-18(8-11-22)9-12-24-14-18)20-10-7-15-3-5-16(23-2)6-4-15/h3-6,22H,7-14H2,1-2H3,(H2,19,20,21). The van der Waals surface area contributed by atoms with Crippen LogP contribution in [0.3, 0.4) is 0 Å². The van der Waals surface area contributed by atoms with Crippen LogP contribution in [0.25, 0.3) is 0 Å². The second-order valence-electron chi connectivity index (χ2n) is 6.23. The molecule has 6 nitrogen and oxygen atoms in total. The zero-order chi connectivity index (χ0) is 17.3. The zero-order valence-electron chi connectivity index (χ0n) is 14.7. The third kappa shape index (κ3) is 5.39. The molecule has 1 unspecified atom stereocenters. The fourth-order valence-electron chi connectivity index (χ4n) is 2.92. The Bertz CT molecular complexity index is 511. The number of ether oxygens (including phenoxy) is 2. The van der Waals surface area contributed by atoms with Crippen LogP contribution in [0.4, 0.5) is 0 Å². The Kier molecular flexibility index (Phi) is 7.34. The van der Waals surface area contributed by atoms with Gasteiger partial charge in [-0.2, -0.15) is 0 Å². The van der Waals surface area contributed by atoms with E-state index in [4.69, 9.17) is 9.47 Å². The van der Waals surface area contributed by atoms with Gasteiger partial charge in [0.05, 0.1) is 13.7 Å². The number of methoxy groups -OCH3 is 1. The molecule has 0 spiro atoms. The SMILES string of the molecule is CN=C(NCCc1ccc(OC)cc1)NCC1(CCO)CCOC1. The quantitative estimate of drug-likeness (QED) is 0.492. The molecule has 1 fully saturated rings. The van der Waals surface area contributed by atoms with Gasteiger partial charge in [-0.3, -0.25) is 4.99 Å². The van der Waals surface area contributed by atoms with Crippen molar-refractivity contribution in [2.45, 2.75) is 19.3 Å². The Hall–Kier alpha value is -1.79. The summed E-state index contributed by atoms with van der Waals surface area (Å²) in [4.78, 5) is 4.27. The third-order valence-electron chi connectivity index (χ3n) is 4.55. The van der Waals surface area contributed by atoms with Crippen LogP contribution in [0.5, 0.6) is 5.75 Å². The van der Waals surface area contributed by atoms with Gasteiger partial charge in [0.25, 0.3) is 0 Å². The van der Waals surface area contributed by atoms with Crippen molar-refractivity contribution in [2.24, 2.45) is 10.4 Å². The summed E-state index contributed by atoms with van der Waals surface area (Å²) in [6.07, 6.45) is 2.64. The number of rotatable bonds is 8. The largest absolute Gasteiger partial charge is 0.497 e. The van der Waals surface area contributed by atoms with Crippen LogP contribution in [0, 0.1) is 5.41 Å². The van der Waals surface area contributed by atoms with Crippen molar-refractivity contribution >= 4 is 5.96 Å². The maximum Gasteiger partial charge on any atom is 0.191 e. The van der Waals surface area contributed by atoms with Gasteiger partial charge in [0.1, 0.15) is 5.75 Å². The van der Waals surface area contributed by atoms with Crippen molar-refractivity contribution < 1.29 is 14.6 Å². The number of hydrogen-bond acceptors (Lipinski definition) is 4. The molecule has 1 aliphatic rings. The van der Waals surface area contributed by atoms with E-state index >= 15 is 0 Å². The highest BCUT2D eigenvalue weighted by Gasteiger charge is 2.34. The van der Waals surface area contributed by atoms with Gasteiger partial charge >= 0.3 is 0 Å². The molecule has 0 aliphatic carbocycles. The van der Waals surface area contributed by atoms with Gasteiger partial charge in [0.15, 0.2) is 5.96 Å². The van der Waals surface area contributed by atoms with E-state index < -0.39 is 0 Å². The Morgan fingerprint density at radius 2 is 2.12 bits per heavy atom. The predicted octanol–water partition coefficient (Wildman–Crippen LogP) is 1.19. The van der Waals surface area contributed by atoms with E-state index in [9.17, 15) is 5.11 Å². The first kappa shape index (κ1) is 18.5. The maximum atomic E-state index is 9.28. The second kappa shape index (κ2) is 9.49. The lowest BCUT2D eigenvalue weighted by Crippen LogP contribution is -2.45. The highest BCUT2D eigenvalue weighted by atomic mass is 16.5. The predicted molar refractivity (Wildman–Crippen MR) is 95.6 cm³/mol. The molecule has 0 aromatic heterocycles. The Balaban J connectivity index is 1.75. The number of nitrogens with zero attached hydrogens (tertiary/aromatic N) is 1. The van der Waals surface area contributed by atoms with Crippen molar-refractivity contribution in [3.8, 4) is 5.75 Å². The topological polar surface area (TPSA) is 75.1 Å². The molecule has 134 valence electrons. The number of guanidine groups is 1. The van der Waals surface area contributed by atoms with Crippen molar-refractivity contribution in [1.82, 2.24) is 10.6 Å². The second-order valence-corrected chi connectivity index (χ2v) is 6.23. The van der Waals surface area contributed by atoms with Gasteiger partial charge in [0, 0.05) is 38.8 Å². The molecule has 1 aromatic rings. The van der Waals surface area contributed by atoms with Crippen LogP contribution >= 0.6 is 0 Å². The summed E-state index contributed by atoms with van der Waals surface area (Å²) < 4.78 is 10.7. The normalized spacial score (nSPS) is 20.9. The number of benzene rings is 1. The van der Waals surface area contributed by atoms with Gasteiger partial charge < -0.3 is 25.2 Å². The van der Waals surface area contributed by atoms with E-state index in [2.05, 4.69) is 27.8 Å². The van der Waals surface area contributed by atoms with Crippen molar-refractivity contribution in [2.75, 3.05) is 47.1 Å². The van der Waals surface area contributed by atoms with E-state index in [0.29, 0.717) is 6.61 Å². The van der Waals surface area contributed by atoms with Gasteiger partial charge in [-0.15, -0.1) is 0 Å². The fourth-order valence-corrected chi connectivity index (χ4v) is 2.92. The summed E-state index contributed by atoms with van der Waals surface area (Å²) in [6, 6.07) is 8.09. The van der Waals surface area contributed by atoms with Crippen LogP contribution in [-0.2, 0) is 11.2 Å². The molecule has 24 heavy (non-hydrogen) atoms. The zero-order valence-corrected chi connectivity index (χ0v) is 14.7. The first-order chi connectivity index (χ1) is 11.7. The van der Waals surface area contributed by atoms with E-state index in [-0.39, 0.29) is 12.0 Å². The fraction of sp³-hybridized carbons (Fsp3) is 0.611. The van der Waals surface area contributed by atoms with Crippen LogP contribution in [0.2, 0.25) is 0 Å². The maximum absolute atomic E-state index is 9.28.